The number of likely N-dealkylation sites (N-methyl/N-ethyl adjacent to an activating group) is 1. The van der Waals surface area contributed by atoms with Crippen molar-refractivity contribution < 1.29 is 22.4 Å². The third kappa shape index (κ3) is 4.23. The van der Waals surface area contributed by atoms with Crippen LogP contribution in [-0.2, 0) is 21.2 Å². The third-order valence-electron chi connectivity index (χ3n) is 5.87. The summed E-state index contributed by atoms with van der Waals surface area (Å²) in [6.45, 7) is 1.91. The number of nitrogens with one attached hydrogen (secondary N) is 2. The molecular weight excluding hydrogens is 459 g/mol. The fraction of sp³-hybridized carbons (Fsp3) is 0.208. The molecule has 0 saturated carbocycles. The minimum absolute atomic E-state index is 0.0105. The number of amides is 2. The maximum atomic E-state index is 13.7. The predicted molar refractivity (Wildman–Crippen MR) is 125 cm³/mol. The molecule has 3 aromatic rings. The largest absolute Gasteiger partial charge is 0.347 e. The van der Waals surface area contributed by atoms with Gasteiger partial charge in [0.1, 0.15) is 22.4 Å². The molecule has 2 heterocycles. The van der Waals surface area contributed by atoms with Gasteiger partial charge < -0.3 is 5.32 Å². The molecule has 10 heteroatoms. The van der Waals surface area contributed by atoms with Gasteiger partial charge >= 0.3 is 5.91 Å². The Hall–Kier alpha value is -3.47. The summed E-state index contributed by atoms with van der Waals surface area (Å²) >= 11 is 0. The second kappa shape index (κ2) is 9.05. The fourth-order valence-corrected chi connectivity index (χ4v) is 5.10. The first kappa shape index (κ1) is 23.7. The van der Waals surface area contributed by atoms with Crippen LogP contribution < -0.4 is 14.5 Å². The smallest absolute Gasteiger partial charge is 0.336 e. The first-order valence-corrected chi connectivity index (χ1v) is 12.2. The van der Waals surface area contributed by atoms with Crippen molar-refractivity contribution in [3.05, 3.63) is 83.8 Å². The number of para-hydroxylation sites is 1. The van der Waals surface area contributed by atoms with E-state index < -0.39 is 27.8 Å². The zero-order valence-electron chi connectivity index (χ0n) is 18.7. The molecule has 0 bridgehead atoms. The lowest BCUT2D eigenvalue weighted by molar-refractivity contribution is -0.129. The molecule has 0 fully saturated rings. The van der Waals surface area contributed by atoms with Crippen molar-refractivity contribution in [2.45, 2.75) is 24.3 Å². The van der Waals surface area contributed by atoms with E-state index in [9.17, 15) is 22.4 Å². The number of quaternary nitrogens is 1. The minimum Gasteiger partial charge on any atom is -0.336 e. The van der Waals surface area contributed by atoms with Crippen LogP contribution in [-0.4, -0.2) is 44.9 Å². The number of halogens is 1. The molecule has 176 valence electrons. The van der Waals surface area contributed by atoms with Gasteiger partial charge in [-0.15, -0.1) is 0 Å². The molecule has 1 aromatic heterocycles. The second-order valence-electron chi connectivity index (χ2n) is 8.06. The van der Waals surface area contributed by atoms with Crippen LogP contribution in [0.2, 0.25) is 0 Å². The van der Waals surface area contributed by atoms with Gasteiger partial charge in [-0.05, 0) is 30.3 Å². The first-order chi connectivity index (χ1) is 16.2. The molecule has 2 amide bonds. The van der Waals surface area contributed by atoms with Gasteiger partial charge in [0.25, 0.3) is 5.91 Å². The van der Waals surface area contributed by atoms with Crippen molar-refractivity contribution in [3.63, 3.8) is 0 Å². The topological polar surface area (TPSA) is 105 Å². The zero-order chi connectivity index (χ0) is 24.5. The Bertz CT molecular complexity index is 1340. The van der Waals surface area contributed by atoms with E-state index in [0.29, 0.717) is 11.5 Å². The summed E-state index contributed by atoms with van der Waals surface area (Å²) < 4.78 is 39.9. The number of carbonyl (C=O) groups excluding carboxylic acids is 2. The van der Waals surface area contributed by atoms with E-state index >= 15 is 0 Å². The van der Waals surface area contributed by atoms with Crippen molar-refractivity contribution in [3.8, 4) is 0 Å². The summed E-state index contributed by atoms with van der Waals surface area (Å²) in [6.07, 6.45) is 1.50. The molecule has 2 atom stereocenters. The summed E-state index contributed by atoms with van der Waals surface area (Å²) in [5.74, 6) is -0.976. The number of benzene rings is 2. The Morgan fingerprint density at radius 1 is 1.12 bits per heavy atom. The summed E-state index contributed by atoms with van der Waals surface area (Å²) in [5.41, 5.74) is 1.77. The van der Waals surface area contributed by atoms with Crippen LogP contribution in [0.3, 0.4) is 0 Å². The Balaban J connectivity index is 1.71. The third-order valence-corrected chi connectivity index (χ3v) is 7.40. The van der Waals surface area contributed by atoms with E-state index in [1.807, 2.05) is 24.3 Å². The van der Waals surface area contributed by atoms with E-state index in [1.165, 1.54) is 42.6 Å². The molecule has 0 aliphatic carbocycles. The first-order valence-electron chi connectivity index (χ1n) is 10.7. The average molecular weight is 484 g/mol. The molecule has 1 unspecified atom stereocenters. The minimum atomic E-state index is -3.70. The Kier molecular flexibility index (Phi) is 6.30. The molecule has 2 N–H and O–H groups in total. The Morgan fingerprint density at radius 3 is 2.47 bits per heavy atom. The van der Waals surface area contributed by atoms with E-state index in [-0.39, 0.29) is 33.8 Å². The molecule has 1 aliphatic heterocycles. The van der Waals surface area contributed by atoms with Gasteiger partial charge in [-0.2, -0.15) is 4.48 Å². The summed E-state index contributed by atoms with van der Waals surface area (Å²) in [6, 6.07) is 14.4. The number of carbonyl (C=O) groups is 2. The number of sulfonamides is 1. The molecule has 34 heavy (non-hydrogen) atoms. The average Bonchev–Trinajstić information content (AvgIpc) is 2.83. The SMILES string of the molecule is CCNS(=O)(=O)c1ccc([N+]2(C)C(=O)[C@@H](NC(=O)c3ccc(F)cc3)Cc3ccccc32)nc1. The van der Waals surface area contributed by atoms with Gasteiger partial charge in [-0.1, -0.05) is 25.1 Å². The molecular formula is C24H24FN4O4S+. The van der Waals surface area contributed by atoms with Crippen LogP contribution in [0.4, 0.5) is 15.9 Å². The van der Waals surface area contributed by atoms with E-state index in [1.54, 1.807) is 14.0 Å². The number of pyridine rings is 1. The van der Waals surface area contributed by atoms with Gasteiger partial charge in [0.15, 0.2) is 0 Å². The standard InChI is InChI=1S/C24H23FN4O4S/c1-3-27-34(32,33)19-12-13-22(26-15-19)29(2)21-7-5-4-6-17(21)14-20(24(29)31)28-23(30)16-8-10-18(25)11-9-16/h4-13,15,20,27H,3,14H2,1-2H3/p+1/t20-,29?/m0/s1. The lowest BCUT2D eigenvalue weighted by Crippen LogP contribution is -2.60. The monoisotopic (exact) mass is 483 g/mol. The van der Waals surface area contributed by atoms with Crippen LogP contribution in [0.5, 0.6) is 0 Å². The lowest BCUT2D eigenvalue weighted by atomic mass is 9.94. The predicted octanol–water partition coefficient (Wildman–Crippen LogP) is 2.67. The molecule has 8 nitrogen and oxygen atoms in total. The van der Waals surface area contributed by atoms with Crippen LogP contribution in [0.25, 0.3) is 0 Å². The quantitative estimate of drug-likeness (QED) is 0.525. The molecule has 0 saturated heterocycles. The highest BCUT2D eigenvalue weighted by molar-refractivity contribution is 7.89. The molecule has 0 radical (unpaired) electrons. The highest BCUT2D eigenvalue weighted by Crippen LogP contribution is 2.39. The van der Waals surface area contributed by atoms with Crippen molar-refractivity contribution >= 4 is 33.3 Å². The number of aromatic nitrogens is 1. The maximum Gasteiger partial charge on any atom is 0.347 e. The van der Waals surface area contributed by atoms with Gasteiger partial charge in [-0.3, -0.25) is 4.79 Å². The highest BCUT2D eigenvalue weighted by Gasteiger charge is 2.49. The van der Waals surface area contributed by atoms with Crippen LogP contribution in [0.1, 0.15) is 22.8 Å². The van der Waals surface area contributed by atoms with Crippen LogP contribution in [0, 0.1) is 5.82 Å². The molecule has 1 aliphatic rings. The van der Waals surface area contributed by atoms with Gasteiger partial charge in [-0.25, -0.2) is 27.3 Å². The van der Waals surface area contributed by atoms with Crippen molar-refractivity contribution in [1.29, 1.82) is 0 Å². The zero-order valence-corrected chi connectivity index (χ0v) is 19.5. The van der Waals surface area contributed by atoms with Crippen molar-refractivity contribution in [2.75, 3.05) is 13.6 Å². The van der Waals surface area contributed by atoms with Gasteiger partial charge in [0.2, 0.25) is 15.8 Å². The maximum absolute atomic E-state index is 13.7. The van der Waals surface area contributed by atoms with Crippen molar-refractivity contribution in [1.82, 2.24) is 19.5 Å². The van der Waals surface area contributed by atoms with Crippen LogP contribution >= 0.6 is 0 Å². The van der Waals surface area contributed by atoms with Gasteiger partial charge in [0, 0.05) is 36.2 Å². The highest BCUT2D eigenvalue weighted by atomic mass is 32.2. The van der Waals surface area contributed by atoms with E-state index in [0.717, 1.165) is 5.56 Å². The van der Waals surface area contributed by atoms with Crippen LogP contribution in [0.15, 0.2) is 71.8 Å². The Morgan fingerprint density at radius 2 is 1.82 bits per heavy atom. The normalized spacial score (nSPS) is 20.0. The summed E-state index contributed by atoms with van der Waals surface area (Å²) in [4.78, 5) is 30.8. The summed E-state index contributed by atoms with van der Waals surface area (Å²) in [5, 5.41) is 2.76. The molecule has 4 rings (SSSR count). The van der Waals surface area contributed by atoms with E-state index in [4.69, 9.17) is 0 Å². The number of rotatable bonds is 6. The lowest BCUT2D eigenvalue weighted by Gasteiger charge is -2.38. The number of fused-ring (bicyclic) bond motifs is 1. The number of nitrogens with zero attached hydrogens (tertiary/aromatic N) is 2. The Labute approximate surface area is 197 Å². The number of hydrogen-bond acceptors (Lipinski definition) is 5. The second-order valence-corrected chi connectivity index (χ2v) is 9.83. The fourth-order valence-electron chi connectivity index (χ4n) is 4.12. The molecule has 2 aromatic carbocycles. The van der Waals surface area contributed by atoms with Crippen molar-refractivity contribution in [2.24, 2.45) is 0 Å². The van der Waals surface area contributed by atoms with Gasteiger partial charge in [0.05, 0.1) is 13.2 Å². The summed E-state index contributed by atoms with van der Waals surface area (Å²) in [7, 11) is -2.04. The van der Waals surface area contributed by atoms with E-state index in [2.05, 4.69) is 15.0 Å². The number of hydrogen-bond donors (Lipinski definition) is 2. The molecule has 0 spiro atoms.